The maximum atomic E-state index is 7.48. The molecule has 3 N–H and O–H groups in total. The molecule has 1 aliphatic heterocycles. The first-order valence-electron chi connectivity index (χ1n) is 7.52. The molecule has 1 aromatic rings. The van der Waals surface area contributed by atoms with E-state index in [9.17, 15) is 0 Å². The van der Waals surface area contributed by atoms with Crippen LogP contribution in [0.1, 0.15) is 25.3 Å². The van der Waals surface area contributed by atoms with E-state index in [1.165, 1.54) is 5.56 Å². The van der Waals surface area contributed by atoms with E-state index in [1.54, 1.807) is 0 Å². The molecular formula is C16H26N4. The highest BCUT2D eigenvalue weighted by molar-refractivity contribution is 5.77. The molecule has 0 bridgehead atoms. The smallest absolute Gasteiger partial charge is 0.0921 e. The van der Waals surface area contributed by atoms with Crippen molar-refractivity contribution in [2.24, 2.45) is 5.73 Å². The molecule has 0 aliphatic carbocycles. The first-order chi connectivity index (χ1) is 9.69. The molecule has 1 atom stereocenters. The maximum Gasteiger partial charge on any atom is 0.0921 e. The molecule has 110 valence electrons. The Labute approximate surface area is 122 Å². The average molecular weight is 274 g/mol. The van der Waals surface area contributed by atoms with Crippen molar-refractivity contribution >= 4 is 5.84 Å². The van der Waals surface area contributed by atoms with Crippen molar-refractivity contribution in [3.8, 4) is 0 Å². The molecule has 0 spiro atoms. The summed E-state index contributed by atoms with van der Waals surface area (Å²) in [5.41, 5.74) is 6.94. The van der Waals surface area contributed by atoms with Crippen molar-refractivity contribution in [3.05, 3.63) is 35.9 Å². The van der Waals surface area contributed by atoms with Gasteiger partial charge in [0.25, 0.3) is 0 Å². The third-order valence-electron chi connectivity index (χ3n) is 4.10. The fourth-order valence-electron chi connectivity index (χ4n) is 2.91. The van der Waals surface area contributed by atoms with Crippen LogP contribution in [0.25, 0.3) is 0 Å². The van der Waals surface area contributed by atoms with Crippen LogP contribution in [0.4, 0.5) is 0 Å². The second-order valence-electron chi connectivity index (χ2n) is 5.59. The van der Waals surface area contributed by atoms with Gasteiger partial charge >= 0.3 is 0 Å². The van der Waals surface area contributed by atoms with Crippen LogP contribution in [0.2, 0.25) is 0 Å². The highest BCUT2D eigenvalue weighted by atomic mass is 15.3. The molecule has 4 nitrogen and oxygen atoms in total. The summed E-state index contributed by atoms with van der Waals surface area (Å²) in [6.45, 7) is 7.59. The van der Waals surface area contributed by atoms with Gasteiger partial charge in [0, 0.05) is 45.2 Å². The average Bonchev–Trinajstić information content (AvgIpc) is 2.46. The Balaban J connectivity index is 1.81. The second-order valence-corrected chi connectivity index (χ2v) is 5.59. The summed E-state index contributed by atoms with van der Waals surface area (Å²) in [7, 11) is 0. The van der Waals surface area contributed by atoms with Gasteiger partial charge in [-0.3, -0.25) is 15.2 Å². The third-order valence-corrected chi connectivity index (χ3v) is 4.10. The van der Waals surface area contributed by atoms with Crippen LogP contribution < -0.4 is 5.73 Å². The molecule has 0 amide bonds. The molecule has 1 aliphatic rings. The van der Waals surface area contributed by atoms with E-state index in [0.717, 1.165) is 39.1 Å². The number of benzene rings is 1. The Morgan fingerprint density at radius 2 is 1.85 bits per heavy atom. The molecule has 4 heteroatoms. The molecule has 1 unspecified atom stereocenters. The van der Waals surface area contributed by atoms with Crippen molar-refractivity contribution in [2.45, 2.75) is 32.4 Å². The Morgan fingerprint density at radius 1 is 1.20 bits per heavy atom. The van der Waals surface area contributed by atoms with E-state index in [4.69, 9.17) is 11.1 Å². The lowest BCUT2D eigenvalue weighted by molar-refractivity contribution is 0.0920. The van der Waals surface area contributed by atoms with E-state index < -0.39 is 0 Å². The minimum atomic E-state index is 0.309. The summed E-state index contributed by atoms with van der Waals surface area (Å²) in [5.74, 6) is 0.309. The summed E-state index contributed by atoms with van der Waals surface area (Å²) in [5, 5.41) is 7.48. The van der Waals surface area contributed by atoms with Gasteiger partial charge in [-0.25, -0.2) is 0 Å². The molecule has 2 rings (SSSR count). The van der Waals surface area contributed by atoms with E-state index >= 15 is 0 Å². The second kappa shape index (κ2) is 7.41. The molecule has 20 heavy (non-hydrogen) atoms. The Kier molecular flexibility index (Phi) is 5.56. The van der Waals surface area contributed by atoms with Crippen LogP contribution in [0, 0.1) is 5.41 Å². The van der Waals surface area contributed by atoms with Crippen molar-refractivity contribution < 1.29 is 0 Å². The minimum absolute atomic E-state index is 0.309. The van der Waals surface area contributed by atoms with E-state index in [0.29, 0.717) is 18.3 Å². The maximum absolute atomic E-state index is 7.48. The van der Waals surface area contributed by atoms with Crippen molar-refractivity contribution in [3.63, 3.8) is 0 Å². The molecule has 1 heterocycles. The number of amidine groups is 1. The van der Waals surface area contributed by atoms with Gasteiger partial charge in [0.2, 0.25) is 0 Å². The number of rotatable bonds is 6. The van der Waals surface area contributed by atoms with Crippen molar-refractivity contribution in [2.75, 3.05) is 26.2 Å². The fourth-order valence-corrected chi connectivity index (χ4v) is 2.91. The largest absolute Gasteiger partial charge is 0.388 e. The predicted octanol–water partition coefficient (Wildman–Crippen LogP) is 1.91. The van der Waals surface area contributed by atoms with Gasteiger partial charge in [0.15, 0.2) is 0 Å². The third kappa shape index (κ3) is 4.32. The lowest BCUT2D eigenvalue weighted by Gasteiger charge is -2.39. The van der Waals surface area contributed by atoms with Gasteiger partial charge in [0.05, 0.1) is 5.84 Å². The zero-order valence-electron chi connectivity index (χ0n) is 12.4. The van der Waals surface area contributed by atoms with Crippen LogP contribution in [0.15, 0.2) is 30.3 Å². The Hall–Kier alpha value is -1.39. The lowest BCUT2D eigenvalue weighted by atomic mass is 10.1. The molecule has 1 saturated heterocycles. The lowest BCUT2D eigenvalue weighted by Crippen LogP contribution is -2.50. The molecule has 1 aromatic carbocycles. The minimum Gasteiger partial charge on any atom is -0.388 e. The first-order valence-corrected chi connectivity index (χ1v) is 7.52. The number of nitrogens with zero attached hydrogens (tertiary/aromatic N) is 2. The summed E-state index contributed by atoms with van der Waals surface area (Å²) in [6, 6.07) is 11.1. The molecule has 1 fully saturated rings. The highest BCUT2D eigenvalue weighted by Crippen LogP contribution is 2.14. The molecule has 0 aromatic heterocycles. The van der Waals surface area contributed by atoms with E-state index in [2.05, 4.69) is 47.1 Å². The van der Waals surface area contributed by atoms with Crippen LogP contribution >= 0.6 is 0 Å². The van der Waals surface area contributed by atoms with Gasteiger partial charge in [-0.2, -0.15) is 0 Å². The van der Waals surface area contributed by atoms with Gasteiger partial charge in [0.1, 0.15) is 0 Å². The van der Waals surface area contributed by atoms with Crippen molar-refractivity contribution in [1.29, 1.82) is 5.41 Å². The number of nitrogens with one attached hydrogen (secondary N) is 1. The Bertz CT molecular complexity index is 410. The fraction of sp³-hybridized carbons (Fsp3) is 0.562. The van der Waals surface area contributed by atoms with Gasteiger partial charge in [-0.05, 0) is 12.0 Å². The Morgan fingerprint density at radius 3 is 2.40 bits per heavy atom. The van der Waals surface area contributed by atoms with Crippen LogP contribution in [-0.2, 0) is 6.54 Å². The zero-order valence-corrected chi connectivity index (χ0v) is 12.4. The van der Waals surface area contributed by atoms with Crippen LogP contribution in [-0.4, -0.2) is 47.9 Å². The number of hydrogen-bond donors (Lipinski definition) is 2. The molecule has 0 saturated carbocycles. The van der Waals surface area contributed by atoms with Gasteiger partial charge in [-0.1, -0.05) is 37.3 Å². The van der Waals surface area contributed by atoms with Crippen molar-refractivity contribution in [1.82, 2.24) is 9.80 Å². The number of piperazine rings is 1. The summed E-state index contributed by atoms with van der Waals surface area (Å²) < 4.78 is 0. The van der Waals surface area contributed by atoms with Gasteiger partial charge < -0.3 is 5.73 Å². The number of nitrogens with two attached hydrogens (primary N) is 1. The first kappa shape index (κ1) is 15.0. The highest BCUT2D eigenvalue weighted by Gasteiger charge is 2.23. The SMILES string of the molecule is CCC(CC(=N)N)N1CCN(Cc2ccccc2)CC1. The predicted molar refractivity (Wildman–Crippen MR) is 83.9 cm³/mol. The van der Waals surface area contributed by atoms with Gasteiger partial charge in [-0.15, -0.1) is 0 Å². The topological polar surface area (TPSA) is 56.4 Å². The molecule has 0 radical (unpaired) electrons. The zero-order chi connectivity index (χ0) is 14.4. The number of hydrogen-bond acceptors (Lipinski definition) is 3. The van der Waals surface area contributed by atoms with E-state index in [-0.39, 0.29) is 0 Å². The molecular weight excluding hydrogens is 248 g/mol. The van der Waals surface area contributed by atoms with E-state index in [1.807, 2.05) is 0 Å². The quantitative estimate of drug-likeness (QED) is 0.615. The standard InChI is InChI=1S/C16H26N4/c1-2-15(12-16(17)18)20-10-8-19(9-11-20)13-14-6-4-3-5-7-14/h3-7,15H,2,8-13H2,1H3,(H3,17,18). The monoisotopic (exact) mass is 274 g/mol. The summed E-state index contributed by atoms with van der Waals surface area (Å²) >= 11 is 0. The summed E-state index contributed by atoms with van der Waals surface area (Å²) in [4.78, 5) is 5.00. The van der Waals surface area contributed by atoms with Crippen LogP contribution in [0.5, 0.6) is 0 Å². The normalized spacial score (nSPS) is 18.9. The summed E-state index contributed by atoms with van der Waals surface area (Å²) in [6.07, 6.45) is 1.77. The van der Waals surface area contributed by atoms with Crippen LogP contribution in [0.3, 0.4) is 0 Å².